The van der Waals surface area contributed by atoms with Gasteiger partial charge < -0.3 is 10.2 Å². The van der Waals surface area contributed by atoms with Crippen LogP contribution in [0.1, 0.15) is 26.5 Å². The molecule has 1 aromatic heterocycles. The molecule has 2 rings (SSSR count). The maximum absolute atomic E-state index is 4.41. The molecule has 1 aromatic rings. The van der Waals surface area contributed by atoms with E-state index < -0.39 is 0 Å². The van der Waals surface area contributed by atoms with E-state index in [1.165, 1.54) is 0 Å². The second-order valence-electron chi connectivity index (χ2n) is 5.21. The summed E-state index contributed by atoms with van der Waals surface area (Å²) < 4.78 is 0. The lowest BCUT2D eigenvalue weighted by atomic mass is 10.1. The summed E-state index contributed by atoms with van der Waals surface area (Å²) >= 11 is 0. The topological polar surface area (TPSA) is 41.0 Å². The minimum Gasteiger partial charge on any atom is -0.351 e. The van der Waals surface area contributed by atoms with E-state index in [-0.39, 0.29) is 0 Å². The van der Waals surface area contributed by atoms with E-state index >= 15 is 0 Å². The van der Waals surface area contributed by atoms with Crippen LogP contribution in [0.15, 0.2) is 12.4 Å². The smallest absolute Gasteiger partial charge is 0.132 e. The lowest BCUT2D eigenvalue weighted by molar-refractivity contribution is 0.496. The Hall–Kier alpha value is -1.16. The van der Waals surface area contributed by atoms with Gasteiger partial charge in [0.05, 0.1) is 0 Å². The molecule has 0 amide bonds. The van der Waals surface area contributed by atoms with Gasteiger partial charge in [-0.3, -0.25) is 0 Å². The van der Waals surface area contributed by atoms with Crippen LogP contribution in [-0.4, -0.2) is 35.6 Å². The fraction of sp³-hybridized carbons (Fsp3) is 0.692. The van der Waals surface area contributed by atoms with Gasteiger partial charge >= 0.3 is 0 Å². The third-order valence-corrected chi connectivity index (χ3v) is 3.12. The summed E-state index contributed by atoms with van der Waals surface area (Å²) in [5.74, 6) is 1.71. The molecule has 1 aliphatic rings. The SMILES string of the molecule is CC(C)Cc1cc(N2CCNC[C@H]2C)ncn1. The van der Waals surface area contributed by atoms with Crippen molar-refractivity contribution >= 4 is 5.82 Å². The lowest BCUT2D eigenvalue weighted by Crippen LogP contribution is -2.50. The Balaban J connectivity index is 2.14. The minimum atomic E-state index is 0.505. The lowest BCUT2D eigenvalue weighted by Gasteiger charge is -2.34. The van der Waals surface area contributed by atoms with Gasteiger partial charge in [-0.2, -0.15) is 0 Å². The molecule has 17 heavy (non-hydrogen) atoms. The van der Waals surface area contributed by atoms with Crippen molar-refractivity contribution in [2.24, 2.45) is 5.92 Å². The Labute approximate surface area is 103 Å². The Morgan fingerprint density at radius 2 is 2.29 bits per heavy atom. The highest BCUT2D eigenvalue weighted by Crippen LogP contribution is 2.17. The highest BCUT2D eigenvalue weighted by atomic mass is 15.3. The molecule has 0 bridgehead atoms. The molecule has 1 fully saturated rings. The van der Waals surface area contributed by atoms with Crippen LogP contribution in [0.2, 0.25) is 0 Å². The van der Waals surface area contributed by atoms with Crippen LogP contribution in [0, 0.1) is 5.92 Å². The van der Waals surface area contributed by atoms with Crippen molar-refractivity contribution in [1.29, 1.82) is 0 Å². The van der Waals surface area contributed by atoms with Gasteiger partial charge in [0.15, 0.2) is 0 Å². The van der Waals surface area contributed by atoms with Gasteiger partial charge in [0.25, 0.3) is 0 Å². The van der Waals surface area contributed by atoms with Crippen molar-refractivity contribution in [3.05, 3.63) is 18.1 Å². The number of hydrogen-bond donors (Lipinski definition) is 1. The molecule has 1 atom stereocenters. The molecule has 0 aliphatic carbocycles. The van der Waals surface area contributed by atoms with Crippen molar-refractivity contribution < 1.29 is 0 Å². The fourth-order valence-electron chi connectivity index (χ4n) is 2.25. The summed E-state index contributed by atoms with van der Waals surface area (Å²) in [4.78, 5) is 11.1. The monoisotopic (exact) mass is 234 g/mol. The van der Waals surface area contributed by atoms with E-state index in [0.717, 1.165) is 37.6 Å². The van der Waals surface area contributed by atoms with Gasteiger partial charge in [0.2, 0.25) is 0 Å². The van der Waals surface area contributed by atoms with Crippen LogP contribution >= 0.6 is 0 Å². The predicted molar refractivity (Wildman–Crippen MR) is 70.3 cm³/mol. The van der Waals surface area contributed by atoms with Gasteiger partial charge in [-0.05, 0) is 19.3 Å². The molecule has 4 heteroatoms. The zero-order valence-corrected chi connectivity index (χ0v) is 11.0. The van der Waals surface area contributed by atoms with Crippen molar-refractivity contribution in [2.75, 3.05) is 24.5 Å². The highest BCUT2D eigenvalue weighted by molar-refractivity contribution is 5.41. The van der Waals surface area contributed by atoms with E-state index in [1.807, 2.05) is 0 Å². The molecular formula is C13H22N4. The summed E-state index contributed by atoms with van der Waals surface area (Å²) in [5.41, 5.74) is 1.15. The molecule has 1 N–H and O–H groups in total. The average Bonchev–Trinajstić information content (AvgIpc) is 2.29. The largest absolute Gasteiger partial charge is 0.351 e. The van der Waals surface area contributed by atoms with Crippen LogP contribution in [0.25, 0.3) is 0 Å². The first-order valence-electron chi connectivity index (χ1n) is 6.45. The van der Waals surface area contributed by atoms with Crippen LogP contribution in [0.3, 0.4) is 0 Å². The fourth-order valence-corrected chi connectivity index (χ4v) is 2.25. The maximum Gasteiger partial charge on any atom is 0.132 e. The van der Waals surface area contributed by atoms with E-state index in [4.69, 9.17) is 0 Å². The van der Waals surface area contributed by atoms with Crippen molar-refractivity contribution in [1.82, 2.24) is 15.3 Å². The molecule has 0 unspecified atom stereocenters. The van der Waals surface area contributed by atoms with Crippen molar-refractivity contribution in [3.8, 4) is 0 Å². The number of nitrogens with zero attached hydrogens (tertiary/aromatic N) is 3. The number of nitrogens with one attached hydrogen (secondary N) is 1. The zero-order chi connectivity index (χ0) is 12.3. The Bertz CT molecular complexity index is 364. The average molecular weight is 234 g/mol. The zero-order valence-electron chi connectivity index (χ0n) is 11.0. The quantitative estimate of drug-likeness (QED) is 0.860. The molecule has 0 spiro atoms. The van der Waals surface area contributed by atoms with Gasteiger partial charge in [0.1, 0.15) is 12.1 Å². The standard InChI is InChI=1S/C13H22N4/c1-10(2)6-12-7-13(16-9-15-12)17-5-4-14-8-11(17)3/h7,9-11,14H,4-6,8H2,1-3H3/t11-/m1/s1. The second kappa shape index (κ2) is 5.45. The first kappa shape index (κ1) is 12.3. The number of anilines is 1. The molecule has 0 saturated carbocycles. The summed E-state index contributed by atoms with van der Waals surface area (Å²) in [7, 11) is 0. The van der Waals surface area contributed by atoms with Crippen LogP contribution in [0.4, 0.5) is 5.82 Å². The first-order chi connectivity index (χ1) is 8.16. The second-order valence-corrected chi connectivity index (χ2v) is 5.21. The van der Waals surface area contributed by atoms with Crippen LogP contribution in [0.5, 0.6) is 0 Å². The highest BCUT2D eigenvalue weighted by Gasteiger charge is 2.19. The Kier molecular flexibility index (Phi) is 3.94. The van der Waals surface area contributed by atoms with Gasteiger partial charge in [-0.25, -0.2) is 9.97 Å². The Morgan fingerprint density at radius 3 is 3.00 bits per heavy atom. The van der Waals surface area contributed by atoms with E-state index in [0.29, 0.717) is 12.0 Å². The molecule has 1 saturated heterocycles. The van der Waals surface area contributed by atoms with E-state index in [9.17, 15) is 0 Å². The molecule has 94 valence electrons. The maximum atomic E-state index is 4.41. The first-order valence-corrected chi connectivity index (χ1v) is 6.45. The van der Waals surface area contributed by atoms with Gasteiger partial charge in [-0.1, -0.05) is 13.8 Å². The molecule has 2 heterocycles. The molecule has 1 aliphatic heterocycles. The van der Waals surface area contributed by atoms with Gasteiger partial charge in [-0.15, -0.1) is 0 Å². The normalized spacial score (nSPS) is 20.9. The van der Waals surface area contributed by atoms with Crippen molar-refractivity contribution in [3.63, 3.8) is 0 Å². The number of hydrogen-bond acceptors (Lipinski definition) is 4. The summed E-state index contributed by atoms with van der Waals surface area (Å²) in [6, 6.07) is 2.65. The van der Waals surface area contributed by atoms with E-state index in [2.05, 4.69) is 47.0 Å². The summed E-state index contributed by atoms with van der Waals surface area (Å²) in [6.07, 6.45) is 2.72. The summed E-state index contributed by atoms with van der Waals surface area (Å²) in [6.45, 7) is 9.76. The molecule has 4 nitrogen and oxygen atoms in total. The third kappa shape index (κ3) is 3.16. The van der Waals surface area contributed by atoms with E-state index in [1.54, 1.807) is 6.33 Å². The molecule has 0 radical (unpaired) electrons. The number of rotatable bonds is 3. The summed E-state index contributed by atoms with van der Waals surface area (Å²) in [5, 5.41) is 3.40. The number of piperazine rings is 1. The Morgan fingerprint density at radius 1 is 1.47 bits per heavy atom. The minimum absolute atomic E-state index is 0.505. The molecule has 0 aromatic carbocycles. The number of aromatic nitrogens is 2. The van der Waals surface area contributed by atoms with Crippen molar-refractivity contribution in [2.45, 2.75) is 33.2 Å². The molecular weight excluding hydrogens is 212 g/mol. The van der Waals surface area contributed by atoms with Crippen LogP contribution < -0.4 is 10.2 Å². The third-order valence-electron chi connectivity index (χ3n) is 3.12. The van der Waals surface area contributed by atoms with Gasteiger partial charge in [0, 0.05) is 37.4 Å². The predicted octanol–water partition coefficient (Wildman–Crippen LogP) is 1.47. The van der Waals surface area contributed by atoms with Crippen LogP contribution in [-0.2, 0) is 6.42 Å².